The van der Waals surface area contributed by atoms with Crippen molar-refractivity contribution in [3.05, 3.63) is 76.7 Å². The van der Waals surface area contributed by atoms with Crippen LogP contribution in [0.4, 0.5) is 5.69 Å². The SMILES string of the molecule is CCOc1ccc(N=Cc2ccc(CNS(=O)(=O)c3ccc(Br)cc3)o2)cc1. The molecule has 3 aromatic rings. The van der Waals surface area contributed by atoms with Gasteiger partial charge in [-0.15, -0.1) is 0 Å². The number of aliphatic imine (C=N–C) groups is 1. The van der Waals surface area contributed by atoms with Crippen LogP contribution in [0, 0.1) is 0 Å². The van der Waals surface area contributed by atoms with Gasteiger partial charge in [-0.05, 0) is 67.6 Å². The van der Waals surface area contributed by atoms with Gasteiger partial charge in [-0.2, -0.15) is 0 Å². The normalized spacial score (nSPS) is 11.8. The third-order valence-electron chi connectivity index (χ3n) is 3.73. The predicted molar refractivity (Wildman–Crippen MR) is 112 cm³/mol. The van der Waals surface area contributed by atoms with Crippen molar-refractivity contribution in [2.75, 3.05) is 6.61 Å². The third kappa shape index (κ3) is 5.54. The van der Waals surface area contributed by atoms with Crippen molar-refractivity contribution in [1.82, 2.24) is 4.72 Å². The highest BCUT2D eigenvalue weighted by molar-refractivity contribution is 9.10. The molecule has 1 heterocycles. The lowest BCUT2D eigenvalue weighted by Gasteiger charge is -2.05. The maximum Gasteiger partial charge on any atom is 0.240 e. The van der Waals surface area contributed by atoms with Gasteiger partial charge in [-0.1, -0.05) is 15.9 Å². The molecule has 0 aliphatic heterocycles. The molecule has 0 saturated heterocycles. The topological polar surface area (TPSA) is 80.9 Å². The smallest absolute Gasteiger partial charge is 0.240 e. The van der Waals surface area contributed by atoms with Crippen LogP contribution < -0.4 is 9.46 Å². The van der Waals surface area contributed by atoms with Gasteiger partial charge in [-0.25, -0.2) is 13.1 Å². The molecule has 1 N–H and O–H groups in total. The number of sulfonamides is 1. The summed E-state index contributed by atoms with van der Waals surface area (Å²) in [6.45, 7) is 2.60. The van der Waals surface area contributed by atoms with E-state index in [9.17, 15) is 8.42 Å². The summed E-state index contributed by atoms with van der Waals surface area (Å²) in [5.74, 6) is 1.82. The quantitative estimate of drug-likeness (QED) is 0.493. The second-order valence-corrected chi connectivity index (χ2v) is 8.45. The molecular weight excluding hydrogens is 444 g/mol. The van der Waals surface area contributed by atoms with Gasteiger partial charge in [0.25, 0.3) is 0 Å². The van der Waals surface area contributed by atoms with Gasteiger partial charge in [0.15, 0.2) is 0 Å². The van der Waals surface area contributed by atoms with Crippen LogP contribution in [0.5, 0.6) is 5.75 Å². The summed E-state index contributed by atoms with van der Waals surface area (Å²) in [6, 6.07) is 17.3. The number of hydrogen-bond donors (Lipinski definition) is 1. The Balaban J connectivity index is 1.60. The molecule has 0 atom stereocenters. The number of nitrogens with one attached hydrogen (secondary N) is 1. The van der Waals surface area contributed by atoms with Crippen molar-refractivity contribution in [3.63, 3.8) is 0 Å². The molecule has 0 fully saturated rings. The molecular formula is C20H19BrN2O4S. The van der Waals surface area contributed by atoms with Crippen LogP contribution in [0.3, 0.4) is 0 Å². The summed E-state index contributed by atoms with van der Waals surface area (Å²) in [7, 11) is -3.61. The number of benzene rings is 2. The van der Waals surface area contributed by atoms with Crippen molar-refractivity contribution in [2.24, 2.45) is 4.99 Å². The van der Waals surface area contributed by atoms with E-state index in [1.54, 1.807) is 30.5 Å². The van der Waals surface area contributed by atoms with Crippen LogP contribution >= 0.6 is 15.9 Å². The fourth-order valence-electron chi connectivity index (χ4n) is 2.36. The highest BCUT2D eigenvalue weighted by Gasteiger charge is 2.14. The summed E-state index contributed by atoms with van der Waals surface area (Å²) in [4.78, 5) is 4.53. The molecule has 146 valence electrons. The molecule has 3 rings (SSSR count). The van der Waals surface area contributed by atoms with Crippen LogP contribution in [0.15, 0.2) is 79.4 Å². The Morgan fingerprint density at radius 2 is 1.79 bits per heavy atom. The lowest BCUT2D eigenvalue weighted by atomic mass is 10.3. The molecule has 1 aromatic heterocycles. The number of nitrogens with zero attached hydrogens (tertiary/aromatic N) is 1. The first-order chi connectivity index (χ1) is 13.5. The van der Waals surface area contributed by atoms with Gasteiger partial charge in [0.05, 0.1) is 29.9 Å². The van der Waals surface area contributed by atoms with Crippen molar-refractivity contribution in [1.29, 1.82) is 0 Å². The van der Waals surface area contributed by atoms with E-state index >= 15 is 0 Å². The number of ether oxygens (including phenoxy) is 1. The van der Waals surface area contributed by atoms with Gasteiger partial charge in [0.2, 0.25) is 10.0 Å². The van der Waals surface area contributed by atoms with Crippen LogP contribution in [-0.2, 0) is 16.6 Å². The average Bonchev–Trinajstić information content (AvgIpc) is 3.15. The molecule has 0 saturated carbocycles. The molecule has 6 nitrogen and oxygen atoms in total. The number of furan rings is 1. The van der Waals surface area contributed by atoms with Crippen LogP contribution in [0.1, 0.15) is 18.4 Å². The number of hydrogen-bond acceptors (Lipinski definition) is 5. The highest BCUT2D eigenvalue weighted by Crippen LogP contribution is 2.19. The zero-order valence-corrected chi connectivity index (χ0v) is 17.5. The lowest BCUT2D eigenvalue weighted by Crippen LogP contribution is -2.22. The summed E-state index contributed by atoms with van der Waals surface area (Å²) < 4.78 is 38.9. The van der Waals surface area contributed by atoms with Crippen LogP contribution in [0.2, 0.25) is 0 Å². The average molecular weight is 463 g/mol. The molecule has 2 aromatic carbocycles. The second-order valence-electron chi connectivity index (χ2n) is 5.77. The Morgan fingerprint density at radius 1 is 1.07 bits per heavy atom. The predicted octanol–water partition coefficient (Wildman–Crippen LogP) is 4.67. The number of rotatable bonds is 8. The van der Waals surface area contributed by atoms with E-state index in [4.69, 9.17) is 9.15 Å². The molecule has 28 heavy (non-hydrogen) atoms. The van der Waals surface area contributed by atoms with E-state index in [1.165, 1.54) is 12.1 Å². The summed E-state index contributed by atoms with van der Waals surface area (Å²) in [5.41, 5.74) is 0.761. The first kappa shape index (κ1) is 20.3. The largest absolute Gasteiger partial charge is 0.494 e. The monoisotopic (exact) mass is 462 g/mol. The van der Waals surface area contributed by atoms with E-state index in [-0.39, 0.29) is 11.4 Å². The lowest BCUT2D eigenvalue weighted by molar-refractivity contribution is 0.340. The molecule has 0 unspecified atom stereocenters. The zero-order valence-electron chi connectivity index (χ0n) is 15.1. The maximum atomic E-state index is 12.3. The molecule has 0 aliphatic carbocycles. The van der Waals surface area contributed by atoms with Gasteiger partial charge in [0.1, 0.15) is 17.3 Å². The fraction of sp³-hybridized carbons (Fsp3) is 0.150. The Bertz CT molecular complexity index is 1040. The first-order valence-electron chi connectivity index (χ1n) is 8.57. The standard InChI is InChI=1S/C20H19BrN2O4S/c1-2-26-17-7-5-16(6-8-17)22-13-18-9-10-19(27-18)14-23-28(24,25)20-11-3-15(21)4-12-20/h3-13,23H,2,14H2,1H3. The van der Waals surface area contributed by atoms with Crippen molar-refractivity contribution in [3.8, 4) is 5.75 Å². The first-order valence-corrected chi connectivity index (χ1v) is 10.8. The third-order valence-corrected chi connectivity index (χ3v) is 5.68. The summed E-state index contributed by atoms with van der Waals surface area (Å²) in [5, 5.41) is 0. The molecule has 0 aliphatic rings. The Labute approximate surface area is 172 Å². The molecule has 0 spiro atoms. The van der Waals surface area contributed by atoms with Crippen molar-refractivity contribution < 1.29 is 17.6 Å². The molecule has 0 amide bonds. The highest BCUT2D eigenvalue weighted by atomic mass is 79.9. The Hall–Kier alpha value is -2.42. The van der Waals surface area contributed by atoms with Crippen molar-refractivity contribution >= 4 is 37.9 Å². The summed E-state index contributed by atoms with van der Waals surface area (Å²) >= 11 is 3.28. The minimum atomic E-state index is -3.61. The van der Waals surface area contributed by atoms with Crippen molar-refractivity contribution in [2.45, 2.75) is 18.4 Å². The van der Waals surface area contributed by atoms with E-state index in [0.717, 1.165) is 15.9 Å². The Morgan fingerprint density at radius 3 is 2.46 bits per heavy atom. The fourth-order valence-corrected chi connectivity index (χ4v) is 3.61. The van der Waals surface area contributed by atoms with E-state index in [2.05, 4.69) is 25.6 Å². The molecule has 0 radical (unpaired) electrons. The zero-order chi connectivity index (χ0) is 20.0. The van der Waals surface area contributed by atoms with Gasteiger partial charge in [0, 0.05) is 4.47 Å². The van der Waals surface area contributed by atoms with E-state index in [0.29, 0.717) is 18.1 Å². The molecule has 0 bridgehead atoms. The van der Waals surface area contributed by atoms with Gasteiger partial charge < -0.3 is 9.15 Å². The summed E-state index contributed by atoms with van der Waals surface area (Å²) in [6.07, 6.45) is 1.59. The van der Waals surface area contributed by atoms with Gasteiger partial charge in [-0.3, -0.25) is 4.99 Å². The number of halogens is 1. The second kappa shape index (κ2) is 9.18. The minimum absolute atomic E-state index is 0.0509. The van der Waals surface area contributed by atoms with Crippen LogP contribution in [-0.4, -0.2) is 21.2 Å². The van der Waals surface area contributed by atoms with Crippen LogP contribution in [0.25, 0.3) is 0 Å². The Kier molecular flexibility index (Phi) is 6.66. The molecule has 8 heteroatoms. The van der Waals surface area contributed by atoms with Gasteiger partial charge >= 0.3 is 0 Å². The maximum absolute atomic E-state index is 12.3. The van der Waals surface area contributed by atoms with E-state index < -0.39 is 10.0 Å². The minimum Gasteiger partial charge on any atom is -0.494 e. The van der Waals surface area contributed by atoms with E-state index in [1.807, 2.05) is 31.2 Å².